The molecule has 0 saturated carbocycles. The smallest absolute Gasteiger partial charge is 0.141 e. The highest BCUT2D eigenvalue weighted by atomic mass is 19.1. The number of nitrogens with two attached hydrogens (primary N) is 1. The number of rotatable bonds is 0. The first-order valence-corrected chi connectivity index (χ1v) is 2.52. The zero-order valence-electron chi connectivity index (χ0n) is 4.42. The van der Waals surface area contributed by atoms with Crippen molar-refractivity contribution in [2.45, 2.75) is 12.3 Å². The lowest BCUT2D eigenvalue weighted by molar-refractivity contribution is 0.116. The van der Waals surface area contributed by atoms with Crippen LogP contribution in [0, 0.1) is 0 Å². The van der Waals surface area contributed by atoms with Gasteiger partial charge in [-0.05, 0) is 0 Å². The van der Waals surface area contributed by atoms with E-state index in [4.69, 9.17) is 10.9 Å². The second-order valence-electron chi connectivity index (χ2n) is 2.04. The highest BCUT2D eigenvalue weighted by molar-refractivity contribution is 4.79. The molecular weight excluding hydrogens is 111 g/mol. The Morgan fingerprint density at radius 3 is 2.38 bits per heavy atom. The van der Waals surface area contributed by atoms with E-state index in [1.807, 2.05) is 0 Å². The van der Waals surface area contributed by atoms with Crippen molar-refractivity contribution >= 4 is 0 Å². The van der Waals surface area contributed by atoms with Crippen molar-refractivity contribution in [2.24, 2.45) is 5.84 Å². The van der Waals surface area contributed by atoms with Crippen molar-refractivity contribution in [3.8, 4) is 0 Å². The lowest BCUT2D eigenvalue weighted by Crippen LogP contribution is -2.28. The Bertz CT molecular complexity index is 80.1. The average Bonchev–Trinajstić information content (AvgIpc) is 1.85. The van der Waals surface area contributed by atoms with Crippen LogP contribution in [0.25, 0.3) is 0 Å². The topological polar surface area (TPSA) is 49.5 Å². The summed E-state index contributed by atoms with van der Waals surface area (Å²) in [6.07, 6.45) is -2.03. The van der Waals surface area contributed by atoms with Gasteiger partial charge in [0.25, 0.3) is 0 Å². The van der Waals surface area contributed by atoms with Crippen LogP contribution in [0.5, 0.6) is 0 Å². The number of aliphatic hydroxyl groups is 1. The molecule has 4 heteroatoms. The molecule has 3 N–H and O–H groups in total. The minimum absolute atomic E-state index is 0.154. The largest absolute Gasteiger partial charge is 0.389 e. The number of aliphatic hydroxyl groups excluding tert-OH is 1. The molecule has 48 valence electrons. The molecule has 0 radical (unpaired) electrons. The normalized spacial score (nSPS) is 40.9. The van der Waals surface area contributed by atoms with Crippen molar-refractivity contribution in [1.29, 1.82) is 0 Å². The highest BCUT2D eigenvalue weighted by Gasteiger charge is 2.28. The first-order valence-electron chi connectivity index (χ1n) is 2.52. The van der Waals surface area contributed by atoms with E-state index in [9.17, 15) is 4.39 Å². The van der Waals surface area contributed by atoms with Crippen molar-refractivity contribution < 1.29 is 9.50 Å². The number of β-amino-alcohol motifs (C(OH)–C–C–N with tert-alkyl or cyclic N) is 1. The molecule has 3 nitrogen and oxygen atoms in total. The molecule has 0 aromatic rings. The maximum atomic E-state index is 12.2. The summed E-state index contributed by atoms with van der Waals surface area (Å²) < 4.78 is 12.2. The maximum absolute atomic E-state index is 12.2. The monoisotopic (exact) mass is 120 g/mol. The maximum Gasteiger partial charge on any atom is 0.141 e. The van der Waals surface area contributed by atoms with Gasteiger partial charge in [0, 0.05) is 13.1 Å². The molecule has 0 aromatic carbocycles. The van der Waals surface area contributed by atoms with Gasteiger partial charge in [-0.15, -0.1) is 0 Å². The van der Waals surface area contributed by atoms with Gasteiger partial charge in [-0.25, -0.2) is 9.40 Å². The van der Waals surface area contributed by atoms with Crippen molar-refractivity contribution in [2.75, 3.05) is 13.1 Å². The van der Waals surface area contributed by atoms with E-state index in [0.29, 0.717) is 0 Å². The Morgan fingerprint density at radius 2 is 2.25 bits per heavy atom. The summed E-state index contributed by atoms with van der Waals surface area (Å²) in [6, 6.07) is 0. The molecule has 1 rings (SSSR count). The second-order valence-corrected chi connectivity index (χ2v) is 2.04. The van der Waals surface area contributed by atoms with E-state index >= 15 is 0 Å². The van der Waals surface area contributed by atoms with Gasteiger partial charge in [-0.1, -0.05) is 0 Å². The van der Waals surface area contributed by atoms with Gasteiger partial charge in [-0.3, -0.25) is 5.84 Å². The molecule has 1 saturated heterocycles. The number of hydrazine groups is 1. The van der Waals surface area contributed by atoms with E-state index in [2.05, 4.69) is 0 Å². The lowest BCUT2D eigenvalue weighted by Gasteiger charge is -2.02. The van der Waals surface area contributed by atoms with Crippen molar-refractivity contribution in [1.82, 2.24) is 5.01 Å². The van der Waals surface area contributed by atoms with Gasteiger partial charge in [0.1, 0.15) is 12.3 Å². The van der Waals surface area contributed by atoms with Crippen molar-refractivity contribution in [3.05, 3.63) is 0 Å². The molecule has 0 aromatic heterocycles. The van der Waals surface area contributed by atoms with Crippen LogP contribution < -0.4 is 5.84 Å². The summed E-state index contributed by atoms with van der Waals surface area (Å²) >= 11 is 0. The Balaban J connectivity index is 2.39. The molecule has 0 amide bonds. The second kappa shape index (κ2) is 1.97. The van der Waals surface area contributed by atoms with Crippen LogP contribution in [-0.2, 0) is 0 Å². The fourth-order valence-electron chi connectivity index (χ4n) is 0.775. The molecule has 1 aliphatic heterocycles. The van der Waals surface area contributed by atoms with Crippen LogP contribution in [0.1, 0.15) is 0 Å². The van der Waals surface area contributed by atoms with Gasteiger partial charge in [0.05, 0.1) is 0 Å². The summed E-state index contributed by atoms with van der Waals surface area (Å²) in [5, 5.41) is 9.94. The van der Waals surface area contributed by atoms with Gasteiger partial charge in [-0.2, -0.15) is 0 Å². The van der Waals surface area contributed by atoms with Crippen LogP contribution in [0.4, 0.5) is 4.39 Å². The number of alkyl halides is 1. The molecule has 1 aliphatic rings. The zero-order valence-corrected chi connectivity index (χ0v) is 4.42. The summed E-state index contributed by atoms with van der Waals surface area (Å²) in [4.78, 5) is 0. The summed E-state index contributed by atoms with van der Waals surface area (Å²) in [7, 11) is 0. The van der Waals surface area contributed by atoms with Crippen LogP contribution in [0.2, 0.25) is 0 Å². The van der Waals surface area contributed by atoms with Gasteiger partial charge in [0.15, 0.2) is 0 Å². The van der Waals surface area contributed by atoms with Gasteiger partial charge < -0.3 is 5.11 Å². The van der Waals surface area contributed by atoms with Crippen LogP contribution >= 0.6 is 0 Å². The Labute approximate surface area is 46.9 Å². The first kappa shape index (κ1) is 5.94. The molecule has 2 unspecified atom stereocenters. The van der Waals surface area contributed by atoms with Crippen LogP contribution in [0.15, 0.2) is 0 Å². The number of hydrogen-bond donors (Lipinski definition) is 2. The lowest BCUT2D eigenvalue weighted by atomic mass is 10.3. The van der Waals surface area contributed by atoms with E-state index in [1.54, 1.807) is 0 Å². The predicted octanol–water partition coefficient (Wildman–Crippen LogP) is -1.13. The van der Waals surface area contributed by atoms with Gasteiger partial charge in [0.2, 0.25) is 0 Å². The molecule has 0 bridgehead atoms. The van der Waals surface area contributed by atoms with Crippen LogP contribution in [-0.4, -0.2) is 35.5 Å². The van der Waals surface area contributed by atoms with Crippen molar-refractivity contribution in [3.63, 3.8) is 0 Å². The summed E-state index contributed by atoms with van der Waals surface area (Å²) in [5.41, 5.74) is 0. The fourth-order valence-corrected chi connectivity index (χ4v) is 0.775. The molecule has 8 heavy (non-hydrogen) atoms. The third-order valence-corrected chi connectivity index (χ3v) is 1.25. The minimum Gasteiger partial charge on any atom is -0.389 e. The number of halogens is 1. The quantitative estimate of drug-likeness (QED) is 0.398. The van der Waals surface area contributed by atoms with Gasteiger partial charge >= 0.3 is 0 Å². The standard InChI is InChI=1S/C4H9FN2O/c5-3-1-7(6)2-4(3)8/h3-4,8H,1-2,6H2. The van der Waals surface area contributed by atoms with Crippen LogP contribution in [0.3, 0.4) is 0 Å². The minimum atomic E-state index is -1.15. The zero-order chi connectivity index (χ0) is 6.15. The Kier molecular flexibility index (Phi) is 1.46. The molecule has 1 heterocycles. The van der Waals surface area contributed by atoms with E-state index in [0.717, 1.165) is 0 Å². The van der Waals surface area contributed by atoms with E-state index in [1.165, 1.54) is 5.01 Å². The Hall–Kier alpha value is -0.190. The molecular formula is C4H9FN2O. The Morgan fingerprint density at radius 1 is 1.62 bits per heavy atom. The molecule has 2 atom stereocenters. The summed E-state index contributed by atoms with van der Waals surface area (Å²) in [6.45, 7) is 0.405. The number of hydrogen-bond acceptors (Lipinski definition) is 3. The molecule has 0 aliphatic carbocycles. The molecule has 1 fully saturated rings. The average molecular weight is 120 g/mol. The third-order valence-electron chi connectivity index (χ3n) is 1.25. The highest BCUT2D eigenvalue weighted by Crippen LogP contribution is 2.08. The fraction of sp³-hybridized carbons (Fsp3) is 1.00. The van der Waals surface area contributed by atoms with E-state index in [-0.39, 0.29) is 13.1 Å². The third kappa shape index (κ3) is 0.964. The molecule has 0 spiro atoms. The predicted molar refractivity (Wildman–Crippen MR) is 26.7 cm³/mol. The van der Waals surface area contributed by atoms with E-state index < -0.39 is 12.3 Å². The first-order chi connectivity index (χ1) is 3.70. The summed E-state index contributed by atoms with van der Waals surface area (Å²) in [5.74, 6) is 5.15. The SMILES string of the molecule is NN1CC(O)C(F)C1. The number of nitrogens with zero attached hydrogens (tertiary/aromatic N) is 1.